The fourth-order valence-electron chi connectivity index (χ4n) is 2.06. The molecule has 1 aliphatic rings. The predicted octanol–water partition coefficient (Wildman–Crippen LogP) is 2.81. The smallest absolute Gasteiger partial charge is 0.162 e. The van der Waals surface area contributed by atoms with Gasteiger partial charge >= 0.3 is 0 Å². The molecule has 0 saturated carbocycles. The number of allylic oxidation sites excluding steroid dienone is 1. The number of aliphatic hydroxyl groups excluding tert-OH is 1. The Hall–Kier alpha value is -1.32. The molecule has 96 valence electrons. The van der Waals surface area contributed by atoms with Crippen molar-refractivity contribution in [2.45, 2.75) is 12.8 Å². The van der Waals surface area contributed by atoms with E-state index < -0.39 is 0 Å². The summed E-state index contributed by atoms with van der Waals surface area (Å²) < 4.78 is 0. The molecule has 1 aliphatic heterocycles. The van der Waals surface area contributed by atoms with Crippen LogP contribution in [0.4, 0.5) is 0 Å². The molecule has 0 bridgehead atoms. The van der Waals surface area contributed by atoms with Crippen molar-refractivity contribution in [3.63, 3.8) is 0 Å². The zero-order valence-corrected chi connectivity index (χ0v) is 10.8. The second kappa shape index (κ2) is 6.03. The highest BCUT2D eigenvalue weighted by Gasteiger charge is 2.19. The van der Waals surface area contributed by atoms with Gasteiger partial charge in [-0.25, -0.2) is 0 Å². The van der Waals surface area contributed by atoms with Crippen molar-refractivity contribution in [2.75, 3.05) is 13.1 Å². The Morgan fingerprint density at radius 3 is 2.50 bits per heavy atom. The number of carbonyl (C=O) groups is 1. The summed E-state index contributed by atoms with van der Waals surface area (Å²) in [5.74, 6) is 0.0415. The lowest BCUT2D eigenvalue weighted by Crippen LogP contribution is -2.31. The molecule has 0 spiro atoms. The van der Waals surface area contributed by atoms with E-state index >= 15 is 0 Å². The van der Waals surface area contributed by atoms with Crippen molar-refractivity contribution < 1.29 is 9.90 Å². The Bertz CT molecular complexity index is 447. The van der Waals surface area contributed by atoms with Crippen molar-refractivity contribution in [1.29, 1.82) is 0 Å². The molecule has 18 heavy (non-hydrogen) atoms. The van der Waals surface area contributed by atoms with Gasteiger partial charge in [0.25, 0.3) is 0 Å². The van der Waals surface area contributed by atoms with Gasteiger partial charge in [0.1, 0.15) is 5.76 Å². The number of piperidine rings is 1. The van der Waals surface area contributed by atoms with Crippen LogP contribution in [-0.4, -0.2) is 24.0 Å². The van der Waals surface area contributed by atoms with Gasteiger partial charge in [-0.05, 0) is 50.2 Å². The molecule has 4 heteroatoms. The van der Waals surface area contributed by atoms with Crippen LogP contribution in [-0.2, 0) is 4.79 Å². The fraction of sp³-hybridized carbons (Fsp3) is 0.357. The van der Waals surface area contributed by atoms with E-state index in [0.29, 0.717) is 10.6 Å². The van der Waals surface area contributed by atoms with E-state index in [1.54, 1.807) is 24.3 Å². The molecule has 0 radical (unpaired) electrons. The lowest BCUT2D eigenvalue weighted by atomic mass is 9.93. The summed E-state index contributed by atoms with van der Waals surface area (Å²) in [6, 6.07) is 6.78. The SMILES string of the molecule is O=C(C=C(O)c1ccc(Cl)cc1)C1CCNCC1. The Morgan fingerprint density at radius 2 is 1.89 bits per heavy atom. The normalized spacial score (nSPS) is 17.7. The number of benzene rings is 1. The summed E-state index contributed by atoms with van der Waals surface area (Å²) >= 11 is 5.77. The molecule has 3 nitrogen and oxygen atoms in total. The highest BCUT2D eigenvalue weighted by Crippen LogP contribution is 2.18. The fourth-order valence-corrected chi connectivity index (χ4v) is 2.19. The highest BCUT2D eigenvalue weighted by atomic mass is 35.5. The Kier molecular flexibility index (Phi) is 4.39. The predicted molar refractivity (Wildman–Crippen MR) is 72.7 cm³/mol. The summed E-state index contributed by atoms with van der Waals surface area (Å²) in [5, 5.41) is 13.7. The average molecular weight is 266 g/mol. The van der Waals surface area contributed by atoms with E-state index in [0.717, 1.165) is 25.9 Å². The molecular formula is C14H16ClNO2. The van der Waals surface area contributed by atoms with E-state index in [9.17, 15) is 9.90 Å². The summed E-state index contributed by atoms with van der Waals surface area (Å²) in [6.07, 6.45) is 3.01. The number of nitrogens with one attached hydrogen (secondary N) is 1. The van der Waals surface area contributed by atoms with E-state index in [1.165, 1.54) is 6.08 Å². The molecule has 0 atom stereocenters. The number of hydrogen-bond acceptors (Lipinski definition) is 3. The van der Waals surface area contributed by atoms with Gasteiger partial charge in [-0.15, -0.1) is 0 Å². The van der Waals surface area contributed by atoms with E-state index in [4.69, 9.17) is 11.6 Å². The maximum Gasteiger partial charge on any atom is 0.162 e. The van der Waals surface area contributed by atoms with E-state index in [2.05, 4.69) is 5.32 Å². The van der Waals surface area contributed by atoms with Gasteiger partial charge in [-0.1, -0.05) is 11.6 Å². The molecular weight excluding hydrogens is 250 g/mol. The Labute approximate surface area is 111 Å². The molecule has 1 aromatic carbocycles. The third kappa shape index (κ3) is 3.34. The first-order chi connectivity index (χ1) is 8.66. The second-order valence-electron chi connectivity index (χ2n) is 4.46. The third-order valence-corrected chi connectivity index (χ3v) is 3.41. The zero-order valence-electron chi connectivity index (χ0n) is 10.0. The molecule has 0 unspecified atom stereocenters. The van der Waals surface area contributed by atoms with Crippen molar-refractivity contribution in [2.24, 2.45) is 5.92 Å². The van der Waals surface area contributed by atoms with Crippen LogP contribution >= 0.6 is 11.6 Å². The minimum absolute atomic E-state index is 0.00366. The molecule has 2 N–H and O–H groups in total. The van der Waals surface area contributed by atoms with Gasteiger partial charge in [0, 0.05) is 22.6 Å². The Morgan fingerprint density at radius 1 is 1.28 bits per heavy atom. The molecule has 2 rings (SSSR count). The van der Waals surface area contributed by atoms with Crippen molar-refractivity contribution in [3.8, 4) is 0 Å². The molecule has 0 aromatic heterocycles. The molecule has 1 saturated heterocycles. The van der Waals surface area contributed by atoms with Gasteiger partial charge in [-0.3, -0.25) is 4.79 Å². The summed E-state index contributed by atoms with van der Waals surface area (Å²) in [5.41, 5.74) is 0.613. The summed E-state index contributed by atoms with van der Waals surface area (Å²) in [7, 11) is 0. The van der Waals surface area contributed by atoms with Crippen LogP contribution in [0.15, 0.2) is 30.3 Å². The van der Waals surface area contributed by atoms with Crippen LogP contribution in [0.1, 0.15) is 18.4 Å². The third-order valence-electron chi connectivity index (χ3n) is 3.16. The van der Waals surface area contributed by atoms with Gasteiger partial charge in [0.2, 0.25) is 0 Å². The zero-order chi connectivity index (χ0) is 13.0. The Balaban J connectivity index is 2.07. The molecule has 0 aliphatic carbocycles. The first-order valence-corrected chi connectivity index (χ1v) is 6.46. The molecule has 0 amide bonds. The maximum atomic E-state index is 12.0. The van der Waals surface area contributed by atoms with Crippen LogP contribution < -0.4 is 5.32 Å². The van der Waals surface area contributed by atoms with Gasteiger partial charge in [0.05, 0.1) is 0 Å². The number of ketones is 1. The number of aliphatic hydroxyl groups is 1. The first kappa shape index (κ1) is 13.1. The van der Waals surface area contributed by atoms with Crippen molar-refractivity contribution >= 4 is 23.1 Å². The monoisotopic (exact) mass is 265 g/mol. The van der Waals surface area contributed by atoms with Crippen LogP contribution in [0.2, 0.25) is 5.02 Å². The molecule has 1 aromatic rings. The molecule has 1 fully saturated rings. The van der Waals surface area contributed by atoms with Crippen molar-refractivity contribution in [1.82, 2.24) is 5.32 Å². The first-order valence-electron chi connectivity index (χ1n) is 6.08. The van der Waals surface area contributed by atoms with Gasteiger partial charge < -0.3 is 10.4 Å². The molecule has 1 heterocycles. The van der Waals surface area contributed by atoms with Crippen LogP contribution in [0.3, 0.4) is 0 Å². The van der Waals surface area contributed by atoms with Crippen molar-refractivity contribution in [3.05, 3.63) is 40.9 Å². The van der Waals surface area contributed by atoms with Crippen LogP contribution in [0.5, 0.6) is 0 Å². The lowest BCUT2D eigenvalue weighted by molar-refractivity contribution is -0.118. The van der Waals surface area contributed by atoms with Gasteiger partial charge in [0.15, 0.2) is 5.78 Å². The number of carbonyl (C=O) groups excluding carboxylic acids is 1. The van der Waals surface area contributed by atoms with Crippen LogP contribution in [0.25, 0.3) is 5.76 Å². The van der Waals surface area contributed by atoms with Crippen LogP contribution in [0, 0.1) is 5.92 Å². The average Bonchev–Trinajstić information content (AvgIpc) is 2.40. The quantitative estimate of drug-likeness (QED) is 0.653. The highest BCUT2D eigenvalue weighted by molar-refractivity contribution is 6.30. The van der Waals surface area contributed by atoms with E-state index in [1.807, 2.05) is 0 Å². The second-order valence-corrected chi connectivity index (χ2v) is 4.90. The minimum Gasteiger partial charge on any atom is -0.507 e. The standard InChI is InChI=1S/C14H16ClNO2/c15-12-3-1-10(2-4-12)13(17)9-14(18)11-5-7-16-8-6-11/h1-4,9,11,16-17H,5-8H2. The number of halogens is 1. The number of hydrogen-bond donors (Lipinski definition) is 2. The topological polar surface area (TPSA) is 49.3 Å². The van der Waals surface area contributed by atoms with Gasteiger partial charge in [-0.2, -0.15) is 0 Å². The minimum atomic E-state index is 0.00366. The summed E-state index contributed by atoms with van der Waals surface area (Å²) in [6.45, 7) is 1.73. The lowest BCUT2D eigenvalue weighted by Gasteiger charge is -2.20. The largest absolute Gasteiger partial charge is 0.507 e. The van der Waals surface area contributed by atoms with E-state index in [-0.39, 0.29) is 17.5 Å². The maximum absolute atomic E-state index is 12.0. The summed E-state index contributed by atoms with van der Waals surface area (Å²) in [4.78, 5) is 12.0. The number of rotatable bonds is 3.